The first-order valence-electron chi connectivity index (χ1n) is 17.5. The number of hydrogen-bond acceptors (Lipinski definition) is 4. The fourth-order valence-electron chi connectivity index (χ4n) is 6.98. The van der Waals surface area contributed by atoms with Crippen LogP contribution in [0.15, 0.2) is 115 Å². The topological polar surface area (TPSA) is 52.6 Å². The molecule has 4 nitrogen and oxygen atoms in total. The van der Waals surface area contributed by atoms with E-state index in [4.69, 9.17) is 9.47 Å². The first kappa shape index (κ1) is 34.1. The van der Waals surface area contributed by atoms with Crippen LogP contribution in [-0.4, -0.2) is 26.2 Å². The summed E-state index contributed by atoms with van der Waals surface area (Å²) in [5, 5.41) is 0. The maximum Gasteiger partial charge on any atom is 0.338 e. The van der Waals surface area contributed by atoms with Gasteiger partial charge in [0.05, 0.1) is 30.9 Å². The van der Waals surface area contributed by atoms with Crippen LogP contribution < -0.4 is 0 Å². The van der Waals surface area contributed by atoms with Crippen molar-refractivity contribution in [2.45, 2.75) is 39.5 Å². The number of carbonyl (C=O) groups is 2. The van der Waals surface area contributed by atoms with Crippen molar-refractivity contribution in [1.82, 2.24) is 0 Å². The predicted molar refractivity (Wildman–Crippen MR) is 209 cm³/mol. The smallest absolute Gasteiger partial charge is 0.338 e. The van der Waals surface area contributed by atoms with Crippen molar-refractivity contribution < 1.29 is 19.1 Å². The Balaban J connectivity index is 1.47. The quantitative estimate of drug-likeness (QED) is 0.137. The minimum Gasteiger partial charge on any atom is -0.465 e. The predicted octanol–water partition coefficient (Wildman–Crippen LogP) is 10.6. The van der Waals surface area contributed by atoms with Crippen LogP contribution in [0.25, 0.3) is 39.0 Å². The second kappa shape index (κ2) is 14.1. The van der Waals surface area contributed by atoms with Crippen molar-refractivity contribution >= 4 is 17.5 Å². The summed E-state index contributed by atoms with van der Waals surface area (Å²) in [6, 6.07) is 36.5. The fraction of sp³-hybridized carbons (Fsp3) is 0.167. The third kappa shape index (κ3) is 6.14. The average molecular weight is 679 g/mol. The number of ether oxygens (including phenoxy) is 2. The largest absolute Gasteiger partial charge is 0.465 e. The molecule has 0 N–H and O–H groups in total. The number of rotatable bonds is 4. The van der Waals surface area contributed by atoms with E-state index in [-0.39, 0.29) is 11.8 Å². The molecule has 0 amide bonds. The molecule has 0 heterocycles. The highest BCUT2D eigenvalue weighted by molar-refractivity contribution is 6.05. The molecule has 0 fully saturated rings. The molecule has 0 unspecified atom stereocenters. The molecular weight excluding hydrogens is 641 g/mol. The Hall–Kier alpha value is -6.36. The van der Waals surface area contributed by atoms with E-state index < -0.39 is 11.9 Å². The lowest BCUT2D eigenvalue weighted by atomic mass is 9.97. The monoisotopic (exact) mass is 678 g/mol. The molecule has 254 valence electrons. The highest BCUT2D eigenvalue weighted by atomic mass is 16.5. The van der Waals surface area contributed by atoms with Crippen molar-refractivity contribution in [2.75, 3.05) is 14.2 Å². The standard InChI is InChI=1S/C48H38O4/c1-29(2)32-13-11-19-36-34(27-44(42(36)25-32)47(49)51-5)23-21-31(46-40-17-9-7-15-38(40)39-16-8-10-18-41(39)46)22-24-35-28-45(48(50)52-6)43-26-33(30(3)4)14-12-20-37(35)43/h7-20,25-30H,1-6H3. The normalized spacial score (nSPS) is 11.4. The molecular formula is C48H38O4. The molecule has 5 aliphatic carbocycles. The number of methoxy groups -OCH3 is 2. The number of benzene rings is 2. The molecule has 7 rings (SSSR count). The Labute approximate surface area is 305 Å². The summed E-state index contributed by atoms with van der Waals surface area (Å²) in [5.41, 5.74) is 13.8. The van der Waals surface area contributed by atoms with Gasteiger partial charge in [-0.05, 0) is 91.7 Å². The van der Waals surface area contributed by atoms with Crippen LogP contribution >= 0.6 is 0 Å². The molecule has 2 aromatic rings. The summed E-state index contributed by atoms with van der Waals surface area (Å²) >= 11 is 0. The molecule has 2 aromatic carbocycles. The van der Waals surface area contributed by atoms with Gasteiger partial charge in [-0.1, -0.05) is 136 Å². The van der Waals surface area contributed by atoms with Crippen LogP contribution in [0.4, 0.5) is 0 Å². The molecule has 0 bridgehead atoms. The third-order valence-electron chi connectivity index (χ3n) is 9.76. The van der Waals surface area contributed by atoms with Gasteiger partial charge in [0.15, 0.2) is 0 Å². The van der Waals surface area contributed by atoms with E-state index in [0.29, 0.717) is 27.8 Å². The summed E-state index contributed by atoms with van der Waals surface area (Å²) in [7, 11) is 2.79. The van der Waals surface area contributed by atoms with Gasteiger partial charge in [0, 0.05) is 16.7 Å². The Morgan fingerprint density at radius 3 is 1.25 bits per heavy atom. The maximum atomic E-state index is 13.0. The lowest BCUT2D eigenvalue weighted by Crippen LogP contribution is -2.00. The van der Waals surface area contributed by atoms with Gasteiger partial charge in [-0.15, -0.1) is 0 Å². The first-order chi connectivity index (χ1) is 25.2. The van der Waals surface area contributed by atoms with Crippen molar-refractivity contribution in [1.29, 1.82) is 0 Å². The molecule has 4 heteroatoms. The molecule has 0 saturated carbocycles. The summed E-state index contributed by atoms with van der Waals surface area (Å²) in [6.07, 6.45) is 0. The van der Waals surface area contributed by atoms with Gasteiger partial charge in [-0.25, -0.2) is 9.59 Å². The second-order valence-corrected chi connectivity index (χ2v) is 13.6. The van der Waals surface area contributed by atoms with Crippen LogP contribution in [0, 0.1) is 23.7 Å². The molecule has 0 saturated heterocycles. The van der Waals surface area contributed by atoms with E-state index in [1.807, 2.05) is 60.7 Å². The number of allylic oxidation sites excluding steroid dienone is 1. The van der Waals surface area contributed by atoms with E-state index in [0.717, 1.165) is 61.2 Å². The van der Waals surface area contributed by atoms with Gasteiger partial charge in [-0.3, -0.25) is 0 Å². The van der Waals surface area contributed by atoms with Crippen LogP contribution in [0.3, 0.4) is 0 Å². The van der Waals surface area contributed by atoms with E-state index in [1.54, 1.807) is 0 Å². The van der Waals surface area contributed by atoms with Crippen LogP contribution in [0.1, 0.15) is 93.6 Å². The summed E-state index contributed by atoms with van der Waals surface area (Å²) in [5.74, 6) is 13.5. The molecule has 0 radical (unpaired) electrons. The van der Waals surface area contributed by atoms with E-state index in [2.05, 4.69) is 99.9 Å². The summed E-state index contributed by atoms with van der Waals surface area (Å²) in [4.78, 5) is 26.1. The second-order valence-electron chi connectivity index (χ2n) is 13.6. The zero-order valence-electron chi connectivity index (χ0n) is 30.2. The third-order valence-corrected chi connectivity index (χ3v) is 9.76. The van der Waals surface area contributed by atoms with Gasteiger partial charge in [0.1, 0.15) is 0 Å². The minimum atomic E-state index is -0.408. The zero-order chi connectivity index (χ0) is 36.5. The van der Waals surface area contributed by atoms with Gasteiger partial charge in [-0.2, -0.15) is 0 Å². The summed E-state index contributed by atoms with van der Waals surface area (Å²) < 4.78 is 10.4. The zero-order valence-corrected chi connectivity index (χ0v) is 30.2. The van der Waals surface area contributed by atoms with Crippen LogP contribution in [-0.2, 0) is 9.47 Å². The number of carbonyl (C=O) groups excluding carboxylic acids is 2. The van der Waals surface area contributed by atoms with Crippen molar-refractivity contribution in [3.8, 4) is 57.1 Å². The number of fused-ring (bicyclic) bond motifs is 5. The number of esters is 2. The van der Waals surface area contributed by atoms with Crippen molar-refractivity contribution in [2.24, 2.45) is 0 Å². The average Bonchev–Trinajstić information content (AvgIpc) is 3.64. The highest BCUT2D eigenvalue weighted by Gasteiger charge is 2.26. The fourth-order valence-corrected chi connectivity index (χ4v) is 6.98. The Morgan fingerprint density at radius 1 is 0.481 bits per heavy atom. The number of hydrogen-bond donors (Lipinski definition) is 0. The van der Waals surface area contributed by atoms with E-state index in [1.165, 1.54) is 14.2 Å². The minimum absolute atomic E-state index is 0.269. The lowest BCUT2D eigenvalue weighted by molar-refractivity contribution is 0.0593. The van der Waals surface area contributed by atoms with Crippen molar-refractivity contribution in [3.63, 3.8) is 0 Å². The van der Waals surface area contributed by atoms with Gasteiger partial charge >= 0.3 is 11.9 Å². The van der Waals surface area contributed by atoms with Crippen molar-refractivity contribution in [3.05, 3.63) is 159 Å². The molecule has 0 aliphatic heterocycles. The lowest BCUT2D eigenvalue weighted by Gasteiger charge is -2.05. The Bertz CT molecular complexity index is 2320. The van der Waals surface area contributed by atoms with Crippen LogP contribution in [0.5, 0.6) is 0 Å². The Morgan fingerprint density at radius 2 is 0.865 bits per heavy atom. The first-order valence-corrected chi connectivity index (χ1v) is 17.5. The van der Waals surface area contributed by atoms with Gasteiger partial charge in [0.2, 0.25) is 0 Å². The van der Waals surface area contributed by atoms with Gasteiger partial charge in [0.25, 0.3) is 0 Å². The molecule has 0 atom stereocenters. The summed E-state index contributed by atoms with van der Waals surface area (Å²) in [6.45, 7) is 8.52. The van der Waals surface area contributed by atoms with E-state index >= 15 is 0 Å². The highest BCUT2D eigenvalue weighted by Crippen LogP contribution is 2.45. The molecule has 5 aliphatic rings. The molecule has 52 heavy (non-hydrogen) atoms. The maximum absolute atomic E-state index is 13.0. The van der Waals surface area contributed by atoms with Gasteiger partial charge < -0.3 is 9.47 Å². The van der Waals surface area contributed by atoms with Crippen LogP contribution in [0.2, 0.25) is 0 Å². The van der Waals surface area contributed by atoms with E-state index in [9.17, 15) is 9.59 Å². The Kier molecular flexibility index (Phi) is 9.25. The molecule has 0 aromatic heterocycles. The molecule has 0 spiro atoms. The SMILES string of the molecule is COC(=O)c1cc(C#CC(C#Cc2cc(C(=O)OC)c3cc(C(C)C)cccc2-3)=C2c3ccccc3-c3ccccc32)c2cccc(C(C)C)cc1-2.